The summed E-state index contributed by atoms with van der Waals surface area (Å²) in [6.45, 7) is -0.0568. The van der Waals surface area contributed by atoms with E-state index in [1.54, 1.807) is 24.3 Å². The molecule has 1 fully saturated rings. The van der Waals surface area contributed by atoms with E-state index in [1.807, 2.05) is 0 Å². The molecule has 1 aliphatic heterocycles. The van der Waals surface area contributed by atoms with Crippen LogP contribution in [0.25, 0.3) is 0 Å². The highest BCUT2D eigenvalue weighted by Crippen LogP contribution is 2.25. The van der Waals surface area contributed by atoms with Crippen LogP contribution in [0.2, 0.25) is 0 Å². The number of anilines is 1. The molecule has 24 heavy (non-hydrogen) atoms. The van der Waals surface area contributed by atoms with Gasteiger partial charge in [0, 0.05) is 12.8 Å². The van der Waals surface area contributed by atoms with Crippen molar-refractivity contribution in [1.82, 2.24) is 0 Å². The second-order valence-electron chi connectivity index (χ2n) is 5.18. The molecule has 9 nitrogen and oxygen atoms in total. The highest BCUT2D eigenvalue weighted by atomic mass is 16.7. The van der Waals surface area contributed by atoms with Gasteiger partial charge in [0.15, 0.2) is 12.4 Å². The third kappa shape index (κ3) is 4.26. The van der Waals surface area contributed by atoms with Crippen molar-refractivity contribution in [2.75, 3.05) is 26.6 Å². The largest absolute Gasteiger partial charge is 0.508 e. The first-order valence-electron chi connectivity index (χ1n) is 7.23. The van der Waals surface area contributed by atoms with Gasteiger partial charge in [0.1, 0.15) is 30.7 Å². The number of rotatable bonds is 5. The van der Waals surface area contributed by atoms with Crippen LogP contribution in [0.1, 0.15) is 0 Å². The number of hydrogen-bond donors (Lipinski definition) is 3. The van der Waals surface area contributed by atoms with E-state index < -0.39 is 36.9 Å². The standard InChI is InChI=1S/C15H21NO8/c1-20-14-12(18)13(24-15(19)21-2)11(17)10(23-14)7-22-9-5-3-8(16)4-6-9/h3-6,10-14,17-18H,7,16H2,1-2H3/t10-,11-,12+,13+,14+/m1/s1. The summed E-state index contributed by atoms with van der Waals surface area (Å²) >= 11 is 0. The van der Waals surface area contributed by atoms with E-state index in [4.69, 9.17) is 24.7 Å². The number of carbonyl (C=O) groups excluding carboxylic acids is 1. The third-order valence-electron chi connectivity index (χ3n) is 3.57. The van der Waals surface area contributed by atoms with E-state index >= 15 is 0 Å². The van der Waals surface area contributed by atoms with Crippen LogP contribution in [0.5, 0.6) is 5.75 Å². The summed E-state index contributed by atoms with van der Waals surface area (Å²) in [5.74, 6) is 0.519. The molecular formula is C15H21NO8. The number of nitrogen functional groups attached to an aromatic ring is 1. The summed E-state index contributed by atoms with van der Waals surface area (Å²) in [5, 5.41) is 20.4. The Bertz CT molecular complexity index is 537. The van der Waals surface area contributed by atoms with Gasteiger partial charge < -0.3 is 39.6 Å². The fourth-order valence-corrected chi connectivity index (χ4v) is 2.28. The van der Waals surface area contributed by atoms with E-state index in [-0.39, 0.29) is 6.61 Å². The molecule has 2 rings (SSSR count). The fraction of sp³-hybridized carbons (Fsp3) is 0.533. The number of aliphatic hydroxyl groups is 2. The lowest BCUT2D eigenvalue weighted by molar-refractivity contribution is -0.294. The molecule has 0 radical (unpaired) electrons. The predicted molar refractivity (Wildman–Crippen MR) is 81.3 cm³/mol. The van der Waals surface area contributed by atoms with Crippen molar-refractivity contribution in [3.8, 4) is 5.75 Å². The molecule has 1 saturated heterocycles. The van der Waals surface area contributed by atoms with E-state index in [1.165, 1.54) is 7.11 Å². The van der Waals surface area contributed by atoms with Crippen LogP contribution in [0.15, 0.2) is 24.3 Å². The van der Waals surface area contributed by atoms with Gasteiger partial charge in [-0.3, -0.25) is 0 Å². The number of nitrogens with two attached hydrogens (primary N) is 1. The Hall–Kier alpha value is -2.07. The fourth-order valence-electron chi connectivity index (χ4n) is 2.28. The molecule has 4 N–H and O–H groups in total. The average Bonchev–Trinajstić information content (AvgIpc) is 2.59. The van der Waals surface area contributed by atoms with Crippen LogP contribution in [0.3, 0.4) is 0 Å². The molecule has 1 aromatic carbocycles. The van der Waals surface area contributed by atoms with Gasteiger partial charge in [-0.1, -0.05) is 0 Å². The molecule has 134 valence electrons. The number of hydrogen-bond acceptors (Lipinski definition) is 9. The van der Waals surface area contributed by atoms with Gasteiger partial charge in [0.2, 0.25) is 0 Å². The quantitative estimate of drug-likeness (QED) is 0.495. The van der Waals surface area contributed by atoms with Crippen molar-refractivity contribution >= 4 is 11.8 Å². The van der Waals surface area contributed by atoms with E-state index in [2.05, 4.69) is 4.74 Å². The Morgan fingerprint density at radius 3 is 2.46 bits per heavy atom. The topological polar surface area (TPSA) is 130 Å². The highest BCUT2D eigenvalue weighted by Gasteiger charge is 2.47. The summed E-state index contributed by atoms with van der Waals surface area (Å²) < 4.78 is 25.3. The molecule has 0 aromatic heterocycles. The zero-order valence-corrected chi connectivity index (χ0v) is 13.3. The maximum absolute atomic E-state index is 11.3. The second-order valence-corrected chi connectivity index (χ2v) is 5.18. The highest BCUT2D eigenvalue weighted by molar-refractivity contribution is 5.60. The third-order valence-corrected chi connectivity index (χ3v) is 3.57. The van der Waals surface area contributed by atoms with Gasteiger partial charge in [-0.05, 0) is 24.3 Å². The SMILES string of the molecule is COC(=O)O[C@@H]1[C@H](O)[C@@H](OC)O[C@H](COc2ccc(N)cc2)[C@H]1O. The van der Waals surface area contributed by atoms with Crippen LogP contribution >= 0.6 is 0 Å². The molecule has 9 heteroatoms. The molecule has 0 unspecified atom stereocenters. The van der Waals surface area contributed by atoms with Gasteiger partial charge in [-0.2, -0.15) is 0 Å². The molecule has 1 aromatic rings. The summed E-state index contributed by atoms with van der Waals surface area (Å²) in [7, 11) is 2.44. The minimum atomic E-state index is -1.38. The molecule has 1 heterocycles. The molecular weight excluding hydrogens is 322 g/mol. The van der Waals surface area contributed by atoms with Crippen LogP contribution in [0, 0.1) is 0 Å². The van der Waals surface area contributed by atoms with Gasteiger partial charge in [0.25, 0.3) is 0 Å². The molecule has 1 aliphatic rings. The summed E-state index contributed by atoms with van der Waals surface area (Å²) in [4.78, 5) is 11.3. The van der Waals surface area contributed by atoms with Gasteiger partial charge in [-0.15, -0.1) is 0 Å². The number of benzene rings is 1. The lowest BCUT2D eigenvalue weighted by Crippen LogP contribution is -2.60. The van der Waals surface area contributed by atoms with Crippen molar-refractivity contribution in [3.05, 3.63) is 24.3 Å². The molecule has 0 saturated carbocycles. The number of ether oxygens (including phenoxy) is 5. The first kappa shape index (κ1) is 18.3. The zero-order valence-electron chi connectivity index (χ0n) is 13.3. The Balaban J connectivity index is 2.04. The van der Waals surface area contributed by atoms with Crippen molar-refractivity contribution in [2.24, 2.45) is 0 Å². The normalized spacial score (nSPS) is 29.8. The van der Waals surface area contributed by atoms with Crippen LogP contribution in [0.4, 0.5) is 10.5 Å². The Morgan fingerprint density at radius 1 is 1.21 bits per heavy atom. The average molecular weight is 343 g/mol. The van der Waals surface area contributed by atoms with Crippen molar-refractivity contribution in [2.45, 2.75) is 30.7 Å². The lowest BCUT2D eigenvalue weighted by atomic mass is 9.99. The maximum atomic E-state index is 11.3. The van der Waals surface area contributed by atoms with E-state index in [0.29, 0.717) is 11.4 Å². The minimum Gasteiger partial charge on any atom is -0.491 e. The van der Waals surface area contributed by atoms with Crippen LogP contribution < -0.4 is 10.5 Å². The second kappa shape index (κ2) is 8.15. The first-order valence-corrected chi connectivity index (χ1v) is 7.23. The summed E-state index contributed by atoms with van der Waals surface area (Å²) in [6, 6.07) is 6.65. The Kier molecular flexibility index (Phi) is 6.21. The van der Waals surface area contributed by atoms with Gasteiger partial charge >= 0.3 is 6.16 Å². The molecule has 0 aliphatic carbocycles. The summed E-state index contributed by atoms with van der Waals surface area (Å²) in [6.07, 6.45) is -7.02. The molecule has 0 amide bonds. The van der Waals surface area contributed by atoms with Crippen molar-refractivity contribution < 1.29 is 38.7 Å². The monoisotopic (exact) mass is 343 g/mol. The lowest BCUT2D eigenvalue weighted by Gasteiger charge is -2.40. The first-order chi connectivity index (χ1) is 11.5. The Labute approximate surface area is 138 Å². The number of aliphatic hydroxyl groups excluding tert-OH is 2. The van der Waals surface area contributed by atoms with Crippen molar-refractivity contribution in [3.63, 3.8) is 0 Å². The van der Waals surface area contributed by atoms with Gasteiger partial charge in [0.05, 0.1) is 7.11 Å². The molecule has 5 atom stereocenters. The van der Waals surface area contributed by atoms with Crippen LogP contribution in [-0.2, 0) is 18.9 Å². The van der Waals surface area contributed by atoms with Crippen molar-refractivity contribution in [1.29, 1.82) is 0 Å². The maximum Gasteiger partial charge on any atom is 0.508 e. The number of methoxy groups -OCH3 is 2. The van der Waals surface area contributed by atoms with Crippen LogP contribution in [-0.4, -0.2) is 67.9 Å². The van der Waals surface area contributed by atoms with E-state index in [9.17, 15) is 15.0 Å². The number of carbonyl (C=O) groups is 1. The zero-order chi connectivity index (χ0) is 17.7. The Morgan fingerprint density at radius 2 is 1.88 bits per heavy atom. The molecule has 0 bridgehead atoms. The van der Waals surface area contributed by atoms with Gasteiger partial charge in [-0.25, -0.2) is 4.79 Å². The smallest absolute Gasteiger partial charge is 0.491 e. The summed E-state index contributed by atoms with van der Waals surface area (Å²) in [5.41, 5.74) is 6.18. The molecule has 0 spiro atoms. The predicted octanol–water partition coefficient (Wildman–Crippen LogP) is -0.108. The van der Waals surface area contributed by atoms with E-state index in [0.717, 1.165) is 7.11 Å². The minimum absolute atomic E-state index is 0.0568.